The molecule has 0 saturated heterocycles. The van der Waals surface area contributed by atoms with Crippen LogP contribution in [0.5, 0.6) is 0 Å². The molecule has 0 aliphatic rings. The van der Waals surface area contributed by atoms with E-state index >= 15 is 0 Å². The maximum Gasteiger partial charge on any atom is 0.251 e. The van der Waals surface area contributed by atoms with Crippen molar-refractivity contribution in [1.29, 1.82) is 0 Å². The minimum absolute atomic E-state index is 0.0818. The van der Waals surface area contributed by atoms with Gasteiger partial charge in [-0.05, 0) is 30.3 Å². The molecule has 0 bridgehead atoms. The van der Waals surface area contributed by atoms with Crippen molar-refractivity contribution < 1.29 is 9.90 Å². The molecule has 0 spiro atoms. The molecular formula is C17H17ClN4O2. The van der Waals surface area contributed by atoms with E-state index in [0.717, 1.165) is 17.0 Å². The van der Waals surface area contributed by atoms with Gasteiger partial charge in [0.1, 0.15) is 5.65 Å². The van der Waals surface area contributed by atoms with Gasteiger partial charge in [-0.15, -0.1) is 0 Å². The zero-order valence-electron chi connectivity index (χ0n) is 12.9. The van der Waals surface area contributed by atoms with Gasteiger partial charge < -0.3 is 20.1 Å². The number of amides is 1. The van der Waals surface area contributed by atoms with E-state index in [9.17, 15) is 4.79 Å². The number of rotatable bonds is 6. The van der Waals surface area contributed by atoms with Crippen LogP contribution in [0.4, 0.5) is 5.69 Å². The number of halogens is 1. The minimum atomic E-state index is -0.213. The van der Waals surface area contributed by atoms with Crippen LogP contribution in [-0.4, -0.2) is 33.6 Å². The number of hydrogen-bond acceptors (Lipinski definition) is 4. The van der Waals surface area contributed by atoms with Crippen LogP contribution in [0.3, 0.4) is 0 Å². The van der Waals surface area contributed by atoms with Crippen molar-refractivity contribution in [3.63, 3.8) is 0 Å². The van der Waals surface area contributed by atoms with Gasteiger partial charge in [0.2, 0.25) is 0 Å². The summed E-state index contributed by atoms with van der Waals surface area (Å²) in [6.45, 7) is 0.683. The highest BCUT2D eigenvalue weighted by molar-refractivity contribution is 6.30. The third-order valence-corrected chi connectivity index (χ3v) is 3.68. The molecule has 2 heterocycles. The van der Waals surface area contributed by atoms with Gasteiger partial charge in [0.25, 0.3) is 5.91 Å². The second-order valence-electron chi connectivity index (χ2n) is 5.26. The number of aliphatic hydroxyl groups is 1. The van der Waals surface area contributed by atoms with Gasteiger partial charge in [0, 0.05) is 30.2 Å². The van der Waals surface area contributed by atoms with E-state index in [1.165, 1.54) is 0 Å². The number of carbonyl (C=O) groups excluding carboxylic acids is 1. The molecule has 1 amide bonds. The van der Waals surface area contributed by atoms with Crippen molar-refractivity contribution >= 4 is 28.8 Å². The number of nitrogens with one attached hydrogen (secondary N) is 2. The lowest BCUT2D eigenvalue weighted by Gasteiger charge is -2.07. The lowest BCUT2D eigenvalue weighted by molar-refractivity contribution is 0.0945. The molecule has 124 valence electrons. The molecule has 0 saturated carbocycles. The molecular weight excluding hydrogens is 328 g/mol. The minimum Gasteiger partial charge on any atom is -0.395 e. The number of pyridine rings is 1. The highest BCUT2D eigenvalue weighted by Gasteiger charge is 2.06. The van der Waals surface area contributed by atoms with Gasteiger partial charge in [-0.25, -0.2) is 4.98 Å². The molecule has 0 aliphatic heterocycles. The number of benzene rings is 1. The third kappa shape index (κ3) is 3.84. The van der Waals surface area contributed by atoms with Crippen LogP contribution in [0.25, 0.3) is 5.65 Å². The number of anilines is 1. The normalized spacial score (nSPS) is 10.8. The summed E-state index contributed by atoms with van der Waals surface area (Å²) < 4.78 is 1.87. The van der Waals surface area contributed by atoms with Gasteiger partial charge in [0.15, 0.2) is 0 Å². The Balaban J connectivity index is 1.68. The van der Waals surface area contributed by atoms with Crippen molar-refractivity contribution in [3.8, 4) is 0 Å². The van der Waals surface area contributed by atoms with Crippen molar-refractivity contribution in [2.24, 2.45) is 0 Å². The Bertz CT molecular complexity index is 863. The van der Waals surface area contributed by atoms with Gasteiger partial charge in [-0.1, -0.05) is 17.7 Å². The second kappa shape index (κ2) is 7.33. The molecule has 7 heteroatoms. The van der Waals surface area contributed by atoms with Gasteiger partial charge >= 0.3 is 0 Å². The summed E-state index contributed by atoms with van der Waals surface area (Å²) in [5, 5.41) is 15.3. The summed E-state index contributed by atoms with van der Waals surface area (Å²) >= 11 is 5.97. The molecule has 2 aromatic heterocycles. The number of carbonyl (C=O) groups is 1. The number of hydrogen-bond donors (Lipinski definition) is 3. The Morgan fingerprint density at radius 1 is 1.25 bits per heavy atom. The predicted molar refractivity (Wildman–Crippen MR) is 93.4 cm³/mol. The zero-order valence-corrected chi connectivity index (χ0v) is 13.6. The molecule has 1 aromatic carbocycles. The van der Waals surface area contributed by atoms with Crippen molar-refractivity contribution in [2.45, 2.75) is 6.54 Å². The lowest BCUT2D eigenvalue weighted by Crippen LogP contribution is -2.26. The average molecular weight is 345 g/mol. The summed E-state index contributed by atoms with van der Waals surface area (Å²) in [7, 11) is 0. The zero-order chi connectivity index (χ0) is 16.9. The van der Waals surface area contributed by atoms with Crippen molar-refractivity contribution in [1.82, 2.24) is 14.7 Å². The SMILES string of the molecule is O=C(NCCO)c1cccc(NCc2cn3cc(Cl)ccc3n2)c1. The fourth-order valence-electron chi connectivity index (χ4n) is 2.34. The fourth-order valence-corrected chi connectivity index (χ4v) is 2.51. The van der Waals surface area contributed by atoms with E-state index in [2.05, 4.69) is 15.6 Å². The van der Waals surface area contributed by atoms with Crippen molar-refractivity contribution in [2.75, 3.05) is 18.5 Å². The first kappa shape index (κ1) is 16.3. The first-order chi connectivity index (χ1) is 11.7. The van der Waals surface area contributed by atoms with Crippen LogP contribution < -0.4 is 10.6 Å². The van der Waals surface area contributed by atoms with E-state index in [1.54, 1.807) is 30.5 Å². The topological polar surface area (TPSA) is 78.7 Å². The molecule has 3 aromatic rings. The molecule has 0 aliphatic carbocycles. The molecule has 0 fully saturated rings. The number of aromatic nitrogens is 2. The quantitative estimate of drug-likeness (QED) is 0.641. The Kier molecular flexibility index (Phi) is 4.98. The molecule has 0 unspecified atom stereocenters. The third-order valence-electron chi connectivity index (χ3n) is 3.46. The Morgan fingerprint density at radius 3 is 2.96 bits per heavy atom. The second-order valence-corrected chi connectivity index (χ2v) is 5.70. The van der Waals surface area contributed by atoms with Crippen molar-refractivity contribution in [3.05, 3.63) is 65.1 Å². The Hall–Kier alpha value is -2.57. The van der Waals surface area contributed by atoms with E-state index in [1.807, 2.05) is 22.7 Å². The lowest BCUT2D eigenvalue weighted by atomic mass is 10.2. The summed E-state index contributed by atoms with van der Waals surface area (Å²) in [6.07, 6.45) is 3.71. The number of aliphatic hydroxyl groups excluding tert-OH is 1. The highest BCUT2D eigenvalue weighted by atomic mass is 35.5. The largest absolute Gasteiger partial charge is 0.395 e. The van der Waals surface area contributed by atoms with E-state index < -0.39 is 0 Å². The standard InChI is InChI=1S/C17H17ClN4O2/c18-13-4-5-16-21-15(11-22(16)10-13)9-20-14-3-1-2-12(8-14)17(24)19-6-7-23/h1-5,8,10-11,20,23H,6-7,9H2,(H,19,24). The van der Waals surface area contributed by atoms with E-state index in [0.29, 0.717) is 17.1 Å². The Morgan fingerprint density at radius 2 is 2.12 bits per heavy atom. The van der Waals surface area contributed by atoms with E-state index in [-0.39, 0.29) is 19.1 Å². The summed E-state index contributed by atoms with van der Waals surface area (Å²) in [6, 6.07) is 10.8. The van der Waals surface area contributed by atoms with Crippen LogP contribution in [0, 0.1) is 0 Å². The van der Waals surface area contributed by atoms with Crippen LogP contribution in [-0.2, 0) is 6.54 Å². The fraction of sp³-hybridized carbons (Fsp3) is 0.176. The first-order valence-corrected chi connectivity index (χ1v) is 7.89. The number of fused-ring (bicyclic) bond motifs is 1. The first-order valence-electron chi connectivity index (χ1n) is 7.52. The maximum absolute atomic E-state index is 11.9. The average Bonchev–Trinajstić information content (AvgIpc) is 3.00. The maximum atomic E-state index is 11.9. The number of imidazole rings is 1. The van der Waals surface area contributed by atoms with E-state index in [4.69, 9.17) is 16.7 Å². The number of nitrogens with zero attached hydrogens (tertiary/aromatic N) is 2. The van der Waals surface area contributed by atoms with Gasteiger partial charge in [-0.3, -0.25) is 4.79 Å². The molecule has 6 nitrogen and oxygen atoms in total. The molecule has 24 heavy (non-hydrogen) atoms. The predicted octanol–water partition coefficient (Wildman–Crippen LogP) is 2.32. The van der Waals surface area contributed by atoms with Crippen LogP contribution in [0.2, 0.25) is 5.02 Å². The molecule has 3 N–H and O–H groups in total. The smallest absolute Gasteiger partial charge is 0.251 e. The van der Waals surface area contributed by atoms with Gasteiger partial charge in [-0.2, -0.15) is 0 Å². The van der Waals surface area contributed by atoms with Gasteiger partial charge in [0.05, 0.1) is 23.9 Å². The highest BCUT2D eigenvalue weighted by Crippen LogP contribution is 2.14. The van der Waals surface area contributed by atoms with Crippen LogP contribution in [0.1, 0.15) is 16.1 Å². The summed E-state index contributed by atoms with van der Waals surface area (Å²) in [4.78, 5) is 16.4. The Labute approximate surface area is 144 Å². The monoisotopic (exact) mass is 344 g/mol. The molecule has 0 atom stereocenters. The summed E-state index contributed by atoms with van der Waals surface area (Å²) in [5.74, 6) is -0.213. The molecule has 3 rings (SSSR count). The summed E-state index contributed by atoms with van der Waals surface area (Å²) in [5.41, 5.74) is 3.05. The van der Waals surface area contributed by atoms with Crippen LogP contribution >= 0.6 is 11.6 Å². The van der Waals surface area contributed by atoms with Crippen LogP contribution in [0.15, 0.2) is 48.8 Å². The molecule has 0 radical (unpaired) electrons.